The summed E-state index contributed by atoms with van der Waals surface area (Å²) in [7, 11) is 1.37. The summed E-state index contributed by atoms with van der Waals surface area (Å²) in [6.07, 6.45) is -4.36. The van der Waals surface area contributed by atoms with Gasteiger partial charge in [0.1, 0.15) is 0 Å². The van der Waals surface area contributed by atoms with Gasteiger partial charge in [-0.3, -0.25) is 0 Å². The Bertz CT molecular complexity index is 294. The lowest BCUT2D eigenvalue weighted by molar-refractivity contribution is -0.137. The molecule has 0 radical (unpaired) electrons. The van der Waals surface area contributed by atoms with E-state index in [0.717, 1.165) is 11.1 Å². The fourth-order valence-corrected chi connectivity index (χ4v) is 1.02. The highest BCUT2D eigenvalue weighted by Gasteiger charge is 2.33. The molecule has 0 unspecified atom stereocenters. The summed E-state index contributed by atoms with van der Waals surface area (Å²) in [4.78, 5) is 0. The largest absolute Gasteiger partial charge is 0.418 e. The minimum absolute atomic E-state index is 0.0324. The van der Waals surface area contributed by atoms with Gasteiger partial charge in [-0.1, -0.05) is 12.1 Å². The molecule has 0 atom stereocenters. The molecule has 5 heteroatoms. The van der Waals surface area contributed by atoms with Crippen molar-refractivity contribution in [2.45, 2.75) is 6.18 Å². The van der Waals surface area contributed by atoms with Crippen molar-refractivity contribution >= 4 is 5.69 Å². The fourth-order valence-electron chi connectivity index (χ4n) is 1.02. The van der Waals surface area contributed by atoms with Gasteiger partial charge in [-0.2, -0.15) is 13.2 Å². The van der Waals surface area contributed by atoms with Gasteiger partial charge in [-0.05, 0) is 12.1 Å². The van der Waals surface area contributed by atoms with E-state index >= 15 is 0 Å². The number of alkyl halides is 3. The van der Waals surface area contributed by atoms with E-state index in [1.54, 1.807) is 0 Å². The van der Waals surface area contributed by atoms with Gasteiger partial charge in [-0.15, -0.1) is 0 Å². The van der Waals surface area contributed by atoms with E-state index in [-0.39, 0.29) is 5.69 Å². The molecule has 2 N–H and O–H groups in total. The van der Waals surface area contributed by atoms with Crippen LogP contribution in [-0.4, -0.2) is 7.05 Å². The van der Waals surface area contributed by atoms with Crippen LogP contribution in [0.3, 0.4) is 0 Å². The van der Waals surface area contributed by atoms with Crippen molar-refractivity contribution in [2.75, 3.05) is 12.1 Å². The quantitative estimate of drug-likeness (QED) is 0.542. The number of anilines is 1. The smallest absolute Gasteiger partial charge is 0.314 e. The molecule has 2 nitrogen and oxygen atoms in total. The van der Waals surface area contributed by atoms with E-state index in [9.17, 15) is 13.2 Å². The highest BCUT2D eigenvalue weighted by Crippen LogP contribution is 2.35. The summed E-state index contributed by atoms with van der Waals surface area (Å²) in [5.74, 6) is 5.24. The van der Waals surface area contributed by atoms with E-state index in [0.29, 0.717) is 0 Å². The number of halogens is 3. The third-order valence-electron chi connectivity index (χ3n) is 1.59. The number of nitrogens with two attached hydrogens (primary N) is 1. The lowest BCUT2D eigenvalue weighted by atomic mass is 10.1. The summed E-state index contributed by atoms with van der Waals surface area (Å²) >= 11 is 0. The van der Waals surface area contributed by atoms with E-state index in [1.165, 1.54) is 25.2 Å². The molecule has 72 valence electrons. The van der Waals surface area contributed by atoms with Crippen molar-refractivity contribution in [3.8, 4) is 0 Å². The predicted molar refractivity (Wildman–Crippen MR) is 44.0 cm³/mol. The van der Waals surface area contributed by atoms with Gasteiger partial charge in [0.15, 0.2) is 0 Å². The molecule has 0 amide bonds. The second kappa shape index (κ2) is 3.26. The van der Waals surface area contributed by atoms with Crippen LogP contribution in [0.25, 0.3) is 0 Å². The number of rotatable bonds is 1. The maximum absolute atomic E-state index is 12.3. The molecule has 13 heavy (non-hydrogen) atoms. The van der Waals surface area contributed by atoms with Crippen molar-refractivity contribution in [2.24, 2.45) is 5.84 Å². The van der Waals surface area contributed by atoms with Crippen LogP contribution in [0, 0.1) is 0 Å². The Labute approximate surface area is 73.7 Å². The Morgan fingerprint density at radius 3 is 2.15 bits per heavy atom. The van der Waals surface area contributed by atoms with E-state index < -0.39 is 11.7 Å². The molecule has 0 fully saturated rings. The summed E-state index contributed by atoms with van der Waals surface area (Å²) in [5, 5.41) is 0.947. The Morgan fingerprint density at radius 2 is 1.77 bits per heavy atom. The third-order valence-corrected chi connectivity index (χ3v) is 1.59. The van der Waals surface area contributed by atoms with Crippen LogP contribution < -0.4 is 10.9 Å². The summed E-state index contributed by atoms with van der Waals surface area (Å²) < 4.78 is 37.0. The van der Waals surface area contributed by atoms with Crippen molar-refractivity contribution < 1.29 is 13.2 Å². The molecule has 0 saturated heterocycles. The molecule has 1 rings (SSSR count). The first kappa shape index (κ1) is 9.85. The predicted octanol–water partition coefficient (Wildman–Crippen LogP) is 2.02. The average Bonchev–Trinajstić information content (AvgIpc) is 2.03. The normalized spacial score (nSPS) is 11.5. The first-order valence-corrected chi connectivity index (χ1v) is 3.57. The zero-order valence-corrected chi connectivity index (χ0v) is 6.97. The highest BCUT2D eigenvalue weighted by atomic mass is 19.4. The molecule has 1 aromatic rings. The van der Waals surface area contributed by atoms with Crippen LogP contribution in [0.2, 0.25) is 0 Å². The van der Waals surface area contributed by atoms with Gasteiger partial charge >= 0.3 is 6.18 Å². The second-order valence-electron chi connectivity index (χ2n) is 2.63. The van der Waals surface area contributed by atoms with Crippen molar-refractivity contribution in [1.29, 1.82) is 0 Å². The molecule has 0 heterocycles. The number of para-hydroxylation sites is 1. The van der Waals surface area contributed by atoms with Gasteiger partial charge in [0.05, 0.1) is 11.3 Å². The zero-order chi connectivity index (χ0) is 10.1. The standard InChI is InChI=1S/C8H9F3N2/c1-13(12)7-5-3-2-4-6(7)8(9,10)11/h2-5H,12H2,1H3. The van der Waals surface area contributed by atoms with Gasteiger partial charge in [0.25, 0.3) is 0 Å². The molecule has 0 spiro atoms. The molecule has 0 bridgehead atoms. The van der Waals surface area contributed by atoms with Gasteiger partial charge in [-0.25, -0.2) is 5.84 Å². The molecular weight excluding hydrogens is 181 g/mol. The number of nitrogens with zero attached hydrogens (tertiary/aromatic N) is 1. The summed E-state index contributed by atoms with van der Waals surface area (Å²) in [6.45, 7) is 0. The van der Waals surface area contributed by atoms with Gasteiger partial charge in [0.2, 0.25) is 0 Å². The lowest BCUT2D eigenvalue weighted by Gasteiger charge is -2.18. The number of hydrogen-bond donors (Lipinski definition) is 1. The number of hydrogen-bond acceptors (Lipinski definition) is 2. The Kier molecular flexibility index (Phi) is 2.47. The minimum Gasteiger partial charge on any atom is -0.314 e. The molecule has 0 saturated carbocycles. The van der Waals surface area contributed by atoms with E-state index in [2.05, 4.69) is 0 Å². The molecule has 0 aliphatic rings. The number of benzene rings is 1. The van der Waals surface area contributed by atoms with Crippen molar-refractivity contribution in [3.05, 3.63) is 29.8 Å². The van der Waals surface area contributed by atoms with Crippen molar-refractivity contribution in [3.63, 3.8) is 0 Å². The van der Waals surface area contributed by atoms with Crippen LogP contribution >= 0.6 is 0 Å². The molecule has 1 aromatic carbocycles. The molecule has 0 aliphatic carbocycles. The van der Waals surface area contributed by atoms with Crippen molar-refractivity contribution in [1.82, 2.24) is 0 Å². The van der Waals surface area contributed by atoms with Crippen LogP contribution in [0.1, 0.15) is 5.56 Å². The maximum Gasteiger partial charge on any atom is 0.418 e. The highest BCUT2D eigenvalue weighted by molar-refractivity contribution is 5.53. The number of hydrazine groups is 1. The van der Waals surface area contributed by atoms with Crippen LogP contribution in [0.5, 0.6) is 0 Å². The average molecular weight is 190 g/mol. The first-order valence-electron chi connectivity index (χ1n) is 3.57. The van der Waals surface area contributed by atoms with Crippen LogP contribution in [0.15, 0.2) is 24.3 Å². The lowest BCUT2D eigenvalue weighted by Crippen LogP contribution is -2.27. The van der Waals surface area contributed by atoms with E-state index in [4.69, 9.17) is 5.84 Å². The van der Waals surface area contributed by atoms with Gasteiger partial charge < -0.3 is 5.01 Å². The third kappa shape index (κ3) is 2.12. The Hall–Kier alpha value is -1.23. The fraction of sp³-hybridized carbons (Fsp3) is 0.250. The zero-order valence-electron chi connectivity index (χ0n) is 6.97. The molecule has 0 aromatic heterocycles. The van der Waals surface area contributed by atoms with E-state index in [1.807, 2.05) is 0 Å². The molecular formula is C8H9F3N2. The Balaban J connectivity index is 3.20. The van der Waals surface area contributed by atoms with Crippen LogP contribution in [-0.2, 0) is 6.18 Å². The van der Waals surface area contributed by atoms with Crippen LogP contribution in [0.4, 0.5) is 18.9 Å². The SMILES string of the molecule is CN(N)c1ccccc1C(F)(F)F. The molecule has 0 aliphatic heterocycles. The first-order chi connectivity index (χ1) is 5.93. The minimum atomic E-state index is -4.36. The summed E-state index contributed by atoms with van der Waals surface area (Å²) in [6, 6.07) is 5.16. The Morgan fingerprint density at radius 1 is 1.23 bits per heavy atom. The maximum atomic E-state index is 12.3. The monoisotopic (exact) mass is 190 g/mol. The topological polar surface area (TPSA) is 29.3 Å². The van der Waals surface area contributed by atoms with Gasteiger partial charge in [0, 0.05) is 7.05 Å². The summed E-state index contributed by atoms with van der Waals surface area (Å²) in [5.41, 5.74) is -0.755. The second-order valence-corrected chi connectivity index (χ2v) is 2.63.